The molecule has 0 aliphatic carbocycles. The number of rotatable bonds is 9. The maximum absolute atomic E-state index is 12.5. The second kappa shape index (κ2) is 9.17. The number of benzene rings is 2. The van der Waals surface area contributed by atoms with Gasteiger partial charge < -0.3 is 14.4 Å². The van der Waals surface area contributed by atoms with Gasteiger partial charge >= 0.3 is 0 Å². The number of likely N-dealkylation sites (N-methyl/N-ethyl adjacent to an activating group) is 1. The van der Waals surface area contributed by atoms with Gasteiger partial charge in [0.15, 0.2) is 0 Å². The number of sulfonamides is 1. The number of ether oxygens (including phenoxy) is 2. The van der Waals surface area contributed by atoms with Crippen molar-refractivity contribution in [2.75, 3.05) is 40.5 Å². The Morgan fingerprint density at radius 2 is 1.82 bits per heavy atom. The van der Waals surface area contributed by atoms with Gasteiger partial charge in [0, 0.05) is 41.9 Å². The third-order valence-electron chi connectivity index (χ3n) is 4.45. The van der Waals surface area contributed by atoms with Crippen molar-refractivity contribution in [3.8, 4) is 5.75 Å². The van der Waals surface area contributed by atoms with Crippen molar-refractivity contribution in [3.63, 3.8) is 0 Å². The first kappa shape index (κ1) is 21.0. The molecular formula is C20H23BrN2O4S. The molecule has 0 fully saturated rings. The lowest BCUT2D eigenvalue weighted by Crippen LogP contribution is -2.25. The van der Waals surface area contributed by atoms with Crippen molar-refractivity contribution in [2.45, 2.75) is 11.3 Å². The van der Waals surface area contributed by atoms with Crippen LogP contribution in [0.3, 0.4) is 0 Å². The molecule has 150 valence electrons. The van der Waals surface area contributed by atoms with Crippen LogP contribution in [0.5, 0.6) is 5.75 Å². The van der Waals surface area contributed by atoms with Gasteiger partial charge in [-0.1, -0.05) is 28.1 Å². The Hall–Kier alpha value is -1.74. The first-order valence-electron chi connectivity index (χ1n) is 8.96. The summed E-state index contributed by atoms with van der Waals surface area (Å²) in [4.78, 5) is 2.36. The zero-order chi connectivity index (χ0) is 20.1. The molecule has 1 heterocycles. The monoisotopic (exact) mass is 466 g/mol. The maximum atomic E-state index is 12.5. The summed E-state index contributed by atoms with van der Waals surface area (Å²) in [6.45, 7) is 2.95. The van der Waals surface area contributed by atoms with Gasteiger partial charge in [0.2, 0.25) is 0 Å². The number of hydrogen-bond acceptors (Lipinski definition) is 5. The summed E-state index contributed by atoms with van der Waals surface area (Å²) >= 11 is 3.38. The zero-order valence-electron chi connectivity index (χ0n) is 15.9. The van der Waals surface area contributed by atoms with Crippen molar-refractivity contribution in [2.24, 2.45) is 4.40 Å². The van der Waals surface area contributed by atoms with Crippen LogP contribution in [0, 0.1) is 0 Å². The SMILES string of the molecule is COCCN(C)CCCOc1ccc2c(c1)S(=O)(=O)N=C2c1ccc(Br)cc1. The van der Waals surface area contributed by atoms with E-state index in [-0.39, 0.29) is 4.90 Å². The van der Waals surface area contributed by atoms with Crippen molar-refractivity contribution in [1.29, 1.82) is 0 Å². The smallest absolute Gasteiger partial charge is 0.283 e. The van der Waals surface area contributed by atoms with E-state index >= 15 is 0 Å². The van der Waals surface area contributed by atoms with Gasteiger partial charge in [-0.25, -0.2) is 0 Å². The summed E-state index contributed by atoms with van der Waals surface area (Å²) in [5.74, 6) is 0.536. The minimum Gasteiger partial charge on any atom is -0.494 e. The average Bonchev–Trinajstić information content (AvgIpc) is 2.95. The molecule has 0 unspecified atom stereocenters. The first-order chi connectivity index (χ1) is 13.4. The molecule has 0 N–H and O–H groups in total. The fourth-order valence-corrected chi connectivity index (χ4v) is 4.43. The summed E-state index contributed by atoms with van der Waals surface area (Å²) in [6.07, 6.45) is 0.838. The van der Waals surface area contributed by atoms with Gasteiger partial charge in [-0.15, -0.1) is 0 Å². The third-order valence-corrected chi connectivity index (χ3v) is 6.29. The van der Waals surface area contributed by atoms with E-state index in [0.29, 0.717) is 30.2 Å². The molecule has 28 heavy (non-hydrogen) atoms. The van der Waals surface area contributed by atoms with E-state index in [9.17, 15) is 8.42 Å². The van der Waals surface area contributed by atoms with Crippen molar-refractivity contribution in [3.05, 3.63) is 58.1 Å². The molecule has 0 atom stereocenters. The highest BCUT2D eigenvalue weighted by Crippen LogP contribution is 2.32. The predicted molar refractivity (Wildman–Crippen MR) is 113 cm³/mol. The molecule has 3 rings (SSSR count). The summed E-state index contributed by atoms with van der Waals surface area (Å²) in [7, 11) is -0.000759. The zero-order valence-corrected chi connectivity index (χ0v) is 18.3. The molecule has 1 aliphatic heterocycles. The van der Waals surface area contributed by atoms with Crippen LogP contribution in [0.15, 0.2) is 56.2 Å². The van der Waals surface area contributed by atoms with E-state index in [4.69, 9.17) is 9.47 Å². The summed E-state index contributed by atoms with van der Waals surface area (Å²) in [5, 5.41) is 0. The van der Waals surface area contributed by atoms with Gasteiger partial charge in [0.1, 0.15) is 10.6 Å². The fraction of sp³-hybridized carbons (Fsp3) is 0.350. The normalized spacial score (nSPS) is 14.8. The Kier molecular flexibility index (Phi) is 6.87. The fourth-order valence-electron chi connectivity index (χ4n) is 2.92. The molecule has 2 aromatic carbocycles. The minimum atomic E-state index is -3.72. The lowest BCUT2D eigenvalue weighted by Gasteiger charge is -2.16. The largest absolute Gasteiger partial charge is 0.494 e. The first-order valence-corrected chi connectivity index (χ1v) is 11.2. The molecule has 0 saturated carbocycles. The molecule has 0 saturated heterocycles. The van der Waals surface area contributed by atoms with Gasteiger partial charge in [0.25, 0.3) is 10.0 Å². The lowest BCUT2D eigenvalue weighted by atomic mass is 10.0. The van der Waals surface area contributed by atoms with Crippen LogP contribution in [0.4, 0.5) is 0 Å². The van der Waals surface area contributed by atoms with Crippen LogP contribution < -0.4 is 4.74 Å². The predicted octanol–water partition coefficient (Wildman–Crippen LogP) is 3.34. The maximum Gasteiger partial charge on any atom is 0.283 e. The van der Waals surface area contributed by atoms with E-state index < -0.39 is 10.0 Å². The third kappa shape index (κ3) is 5.00. The Morgan fingerprint density at radius 3 is 2.54 bits per heavy atom. The molecule has 0 amide bonds. The lowest BCUT2D eigenvalue weighted by molar-refractivity contribution is 0.157. The molecule has 8 heteroatoms. The van der Waals surface area contributed by atoms with Gasteiger partial charge in [-0.3, -0.25) is 0 Å². The van der Waals surface area contributed by atoms with Crippen molar-refractivity contribution >= 4 is 31.7 Å². The second-order valence-electron chi connectivity index (χ2n) is 6.58. The van der Waals surface area contributed by atoms with E-state index in [1.54, 1.807) is 25.3 Å². The molecule has 1 aliphatic rings. The highest BCUT2D eigenvalue weighted by molar-refractivity contribution is 9.10. The van der Waals surface area contributed by atoms with Crippen LogP contribution in [0.2, 0.25) is 0 Å². The van der Waals surface area contributed by atoms with Gasteiger partial charge in [-0.2, -0.15) is 12.8 Å². The number of methoxy groups -OCH3 is 1. The molecule has 0 spiro atoms. The van der Waals surface area contributed by atoms with Crippen LogP contribution in [0.1, 0.15) is 17.5 Å². The molecule has 0 aromatic heterocycles. The number of halogens is 1. The van der Waals surface area contributed by atoms with Crippen LogP contribution in [0.25, 0.3) is 0 Å². The van der Waals surface area contributed by atoms with Crippen LogP contribution >= 0.6 is 15.9 Å². The van der Waals surface area contributed by atoms with E-state index in [1.807, 2.05) is 31.3 Å². The van der Waals surface area contributed by atoms with Crippen molar-refractivity contribution in [1.82, 2.24) is 4.90 Å². The number of hydrogen-bond donors (Lipinski definition) is 0. The highest BCUT2D eigenvalue weighted by atomic mass is 79.9. The average molecular weight is 467 g/mol. The Bertz CT molecular complexity index is 959. The molecule has 6 nitrogen and oxygen atoms in total. The van der Waals surface area contributed by atoms with E-state index in [2.05, 4.69) is 25.2 Å². The van der Waals surface area contributed by atoms with E-state index in [1.165, 1.54) is 0 Å². The topological polar surface area (TPSA) is 68.2 Å². The van der Waals surface area contributed by atoms with Crippen LogP contribution in [-0.4, -0.2) is 59.5 Å². The summed E-state index contributed by atoms with van der Waals surface area (Å²) in [5.41, 5.74) is 1.83. The quantitative estimate of drug-likeness (QED) is 0.530. The number of nitrogens with zero attached hydrogens (tertiary/aromatic N) is 2. The van der Waals surface area contributed by atoms with Crippen molar-refractivity contribution < 1.29 is 17.9 Å². The standard InChI is InChI=1S/C20H23BrN2O4S/c1-23(11-13-26-2)10-3-12-27-17-8-9-18-19(14-17)28(24,25)22-20(18)15-4-6-16(21)7-5-15/h4-9,14H,3,10-13H2,1-2H3. The molecule has 0 bridgehead atoms. The Morgan fingerprint density at radius 1 is 1.07 bits per heavy atom. The van der Waals surface area contributed by atoms with Gasteiger partial charge in [0.05, 0.1) is 18.9 Å². The van der Waals surface area contributed by atoms with Crippen LogP contribution in [-0.2, 0) is 14.8 Å². The highest BCUT2D eigenvalue weighted by Gasteiger charge is 2.30. The Balaban J connectivity index is 1.67. The number of fused-ring (bicyclic) bond motifs is 1. The van der Waals surface area contributed by atoms with E-state index in [0.717, 1.165) is 29.5 Å². The second-order valence-corrected chi connectivity index (χ2v) is 9.07. The molecule has 0 radical (unpaired) electrons. The summed E-state index contributed by atoms with van der Waals surface area (Å²) < 4.78 is 40.7. The molecule has 2 aromatic rings. The minimum absolute atomic E-state index is 0.195. The van der Waals surface area contributed by atoms with Gasteiger partial charge in [-0.05, 0) is 37.7 Å². The Labute approximate surface area is 174 Å². The summed E-state index contributed by atoms with van der Waals surface area (Å²) in [6, 6.07) is 12.5. The molecular weight excluding hydrogens is 444 g/mol.